The topological polar surface area (TPSA) is 15.5 Å². The Kier molecular flexibility index (Phi) is 25.5. The van der Waals surface area contributed by atoms with Gasteiger partial charge in [0, 0.05) is 67.3 Å². The van der Waals surface area contributed by atoms with E-state index in [1.54, 1.807) is 37.4 Å². The minimum absolute atomic E-state index is 0.168. The minimum atomic E-state index is -1.38. The molecule has 0 radical (unpaired) electrons. The van der Waals surface area contributed by atoms with Gasteiger partial charge in [-0.1, -0.05) is 214 Å². The molecule has 4 nitrogen and oxygen atoms in total. The lowest BCUT2D eigenvalue weighted by Crippen LogP contribution is -2.49. The summed E-state index contributed by atoms with van der Waals surface area (Å²) in [7, 11) is 3.33. The molecule has 0 spiro atoms. The number of aryl methyl sites for hydroxylation is 8. The van der Waals surface area contributed by atoms with Crippen molar-refractivity contribution in [3.05, 3.63) is 191 Å². The summed E-state index contributed by atoms with van der Waals surface area (Å²) in [4.78, 5) is 0. The fourth-order valence-electron chi connectivity index (χ4n) is 12.6. The monoisotopic (exact) mass is 1260 g/mol. The fourth-order valence-corrected chi connectivity index (χ4v) is 19.7. The number of rotatable bonds is 15. The van der Waals surface area contributed by atoms with Crippen molar-refractivity contribution in [2.75, 3.05) is 0 Å². The van der Waals surface area contributed by atoms with Gasteiger partial charge in [0.05, 0.1) is 32.3 Å². The van der Waals surface area contributed by atoms with E-state index >= 15 is 0 Å². The molecule has 0 amide bonds. The molecule has 89 heavy (non-hydrogen) atoms. The quantitative estimate of drug-likeness (QED) is 0.0718. The Morgan fingerprint density at radius 1 is 0.371 bits per heavy atom. The standard InChI is InChI=1S/C21H32NSi.3C20H30NSi/c1-8-17(9-2)19-14-20(18-13-11-10-12-16(18)3)22(4)15-21(19)23(5,6)7;1-15-11-9-10-12-16(15)18-13-17(20(2,3)4)19(14-21(18)5)22(6,7)8;1-15(2)12-17-13-19(18-11-9-8-10-16(18)3)21(4)14-20(17)22(5,6)7;1-8-15(2)18-13-19(17-12-10-9-11-16(17)3)21(4)14-20(18)22(5,6)7/h10-15,17H,8-9H2,1-7H3;9-14H,1-8H3;8-11,13-15H,12H2,1-7H3;9-15H,8H2,1-7H3/q4*+1. The summed E-state index contributed by atoms with van der Waals surface area (Å²) in [6, 6.07) is 44.5. The van der Waals surface area contributed by atoms with Crippen LogP contribution >= 0.6 is 0 Å². The van der Waals surface area contributed by atoms with Crippen molar-refractivity contribution < 1.29 is 18.3 Å². The molecule has 4 heterocycles. The zero-order chi connectivity index (χ0) is 66.9. The van der Waals surface area contributed by atoms with Gasteiger partial charge in [-0.2, -0.15) is 0 Å². The molecule has 0 N–H and O–H groups in total. The van der Waals surface area contributed by atoms with Crippen molar-refractivity contribution in [1.29, 1.82) is 0 Å². The summed E-state index contributed by atoms with van der Waals surface area (Å²) in [5.41, 5.74) is 22.4. The van der Waals surface area contributed by atoms with Crippen LogP contribution in [0.4, 0.5) is 0 Å². The van der Waals surface area contributed by atoms with Gasteiger partial charge < -0.3 is 0 Å². The molecule has 8 rings (SSSR count). The molecule has 1 atom stereocenters. The number of hydrogen-bond donors (Lipinski definition) is 0. The zero-order valence-corrected chi connectivity index (χ0v) is 65.7. The van der Waals surface area contributed by atoms with Crippen LogP contribution in [0, 0.1) is 33.6 Å². The van der Waals surface area contributed by atoms with Gasteiger partial charge in [0.15, 0.2) is 24.8 Å². The van der Waals surface area contributed by atoms with Crippen LogP contribution in [0.5, 0.6) is 0 Å². The van der Waals surface area contributed by atoms with Crippen LogP contribution in [0.1, 0.15) is 138 Å². The summed E-state index contributed by atoms with van der Waals surface area (Å²) in [6.07, 6.45) is 14.4. The predicted molar refractivity (Wildman–Crippen MR) is 402 cm³/mol. The van der Waals surface area contributed by atoms with Gasteiger partial charge in [-0.15, -0.1) is 0 Å². The lowest BCUT2D eigenvalue weighted by Gasteiger charge is -2.28. The van der Waals surface area contributed by atoms with E-state index in [0.717, 1.165) is 0 Å². The molecule has 0 saturated heterocycles. The third-order valence-corrected chi connectivity index (χ3v) is 26.3. The maximum Gasteiger partial charge on any atom is 0.212 e. The van der Waals surface area contributed by atoms with Crippen LogP contribution < -0.4 is 39.0 Å². The Labute approximate surface area is 549 Å². The van der Waals surface area contributed by atoms with Gasteiger partial charge in [0.25, 0.3) is 0 Å². The second-order valence-electron chi connectivity index (χ2n) is 31.5. The SMILES string of the molecule is CCC(C)c1cc(-c2ccccc2C)[n+](C)cc1[Si](C)(C)C.CCC(CC)c1cc(-c2ccccc2C)[n+](C)cc1[Si](C)(C)C.Cc1ccccc1-c1cc(C(C)(C)C)c([Si](C)(C)C)c[n+]1C.Cc1ccccc1-c1cc(CC(C)C)c([Si](C)(C)C)c[n+]1C. The zero-order valence-electron chi connectivity index (χ0n) is 61.7. The van der Waals surface area contributed by atoms with Crippen LogP contribution in [-0.2, 0) is 40.0 Å². The summed E-state index contributed by atoms with van der Waals surface area (Å²) in [6.45, 7) is 59.1. The Morgan fingerprint density at radius 3 is 0.966 bits per heavy atom. The summed E-state index contributed by atoms with van der Waals surface area (Å²) >= 11 is 0. The first kappa shape index (κ1) is 74.1. The van der Waals surface area contributed by atoms with E-state index in [2.05, 4.69) is 361 Å². The Hall–Kier alpha value is -5.65. The van der Waals surface area contributed by atoms with Crippen molar-refractivity contribution in [1.82, 2.24) is 0 Å². The van der Waals surface area contributed by atoms with Gasteiger partial charge in [0.2, 0.25) is 22.8 Å². The second-order valence-corrected chi connectivity index (χ2v) is 51.7. The molecule has 0 bridgehead atoms. The van der Waals surface area contributed by atoms with E-state index in [-0.39, 0.29) is 5.41 Å². The molecule has 0 aliphatic heterocycles. The number of hydrogen-bond acceptors (Lipinski definition) is 0. The third-order valence-electron chi connectivity index (χ3n) is 18.2. The highest BCUT2D eigenvalue weighted by atomic mass is 28.3. The minimum Gasteiger partial charge on any atom is -0.201 e. The Bertz CT molecular complexity index is 3660. The first-order valence-electron chi connectivity index (χ1n) is 33.7. The summed E-state index contributed by atoms with van der Waals surface area (Å²) in [5, 5.41) is 6.38. The molecule has 4 aromatic carbocycles. The van der Waals surface area contributed by atoms with E-state index in [1.165, 1.54) is 98.5 Å². The number of aromatic nitrogens is 4. The van der Waals surface area contributed by atoms with Crippen molar-refractivity contribution in [3.8, 4) is 45.0 Å². The maximum absolute atomic E-state index is 2.48. The van der Waals surface area contributed by atoms with E-state index in [9.17, 15) is 0 Å². The molecule has 0 aliphatic rings. The highest BCUT2D eigenvalue weighted by Crippen LogP contribution is 2.31. The number of benzene rings is 4. The molecule has 0 aliphatic carbocycles. The van der Waals surface area contributed by atoms with E-state index < -0.39 is 32.3 Å². The van der Waals surface area contributed by atoms with Gasteiger partial charge in [0.1, 0.15) is 28.2 Å². The molecular formula is C81H122N4Si4+4. The lowest BCUT2D eigenvalue weighted by molar-refractivity contribution is -0.659. The maximum atomic E-state index is 2.48. The van der Waals surface area contributed by atoms with E-state index in [4.69, 9.17) is 0 Å². The lowest BCUT2D eigenvalue weighted by atomic mass is 9.86. The summed E-state index contributed by atoms with van der Waals surface area (Å²) in [5.74, 6) is 1.97. The fraction of sp³-hybridized carbons (Fsp3) is 0.457. The average Bonchev–Trinajstić information content (AvgIpc) is 0.903. The molecule has 8 heteroatoms. The molecule has 0 fully saturated rings. The Balaban J connectivity index is 0.000000216. The van der Waals surface area contributed by atoms with Crippen LogP contribution in [0.15, 0.2) is 146 Å². The summed E-state index contributed by atoms with van der Waals surface area (Å²) < 4.78 is 9.29. The number of nitrogens with zero attached hydrogens (tertiary/aromatic N) is 4. The van der Waals surface area contributed by atoms with Crippen LogP contribution in [0.3, 0.4) is 0 Å². The van der Waals surface area contributed by atoms with Crippen molar-refractivity contribution in [2.45, 2.75) is 212 Å². The van der Waals surface area contributed by atoms with Crippen LogP contribution in [-0.4, -0.2) is 32.3 Å². The molecular weight excluding hydrogens is 1140 g/mol. The van der Waals surface area contributed by atoms with Crippen molar-refractivity contribution in [2.24, 2.45) is 34.1 Å². The first-order valence-corrected chi connectivity index (χ1v) is 47.7. The smallest absolute Gasteiger partial charge is 0.201 e. The van der Waals surface area contributed by atoms with Gasteiger partial charge in [-0.25, -0.2) is 18.3 Å². The highest BCUT2D eigenvalue weighted by molar-refractivity contribution is 6.90. The Morgan fingerprint density at radius 2 is 0.663 bits per heavy atom. The van der Waals surface area contributed by atoms with Crippen molar-refractivity contribution >= 4 is 53.0 Å². The third kappa shape index (κ3) is 19.2. The van der Waals surface area contributed by atoms with Crippen LogP contribution in [0.25, 0.3) is 45.0 Å². The molecule has 0 saturated carbocycles. The van der Waals surface area contributed by atoms with Gasteiger partial charge >= 0.3 is 0 Å². The van der Waals surface area contributed by atoms with Crippen molar-refractivity contribution in [3.63, 3.8) is 0 Å². The molecule has 478 valence electrons. The first-order chi connectivity index (χ1) is 41.3. The predicted octanol–water partition coefficient (Wildman–Crippen LogP) is 18.0. The average molecular weight is 1260 g/mol. The van der Waals surface area contributed by atoms with Gasteiger partial charge in [-0.3, -0.25) is 0 Å². The van der Waals surface area contributed by atoms with Crippen LogP contribution in [0.2, 0.25) is 78.6 Å². The normalized spacial score (nSPS) is 12.4. The molecule has 8 aromatic rings. The molecule has 1 unspecified atom stereocenters. The van der Waals surface area contributed by atoms with E-state index in [0.29, 0.717) is 17.8 Å². The molecule has 4 aromatic heterocycles. The second kappa shape index (κ2) is 30.6. The number of pyridine rings is 4. The van der Waals surface area contributed by atoms with E-state index in [1.807, 2.05) is 0 Å². The van der Waals surface area contributed by atoms with Gasteiger partial charge in [-0.05, 0) is 145 Å². The largest absolute Gasteiger partial charge is 0.212 e. The highest BCUT2D eigenvalue weighted by Gasteiger charge is 2.33.